The topological polar surface area (TPSA) is 96.4 Å². The number of allylic oxidation sites excluding steroid dienone is 1. The molecule has 0 aromatic rings. The smallest absolute Gasteiger partial charge is 0.312 e. The Labute approximate surface area is 196 Å². The molecule has 184 valence electrons. The molecule has 1 N–H and O–H groups in total. The lowest BCUT2D eigenvalue weighted by Crippen LogP contribution is -2.57. The monoisotopic (exact) mass is 462 g/mol. The number of nitrogens with zero attached hydrogens (tertiary/aromatic N) is 2. The molecular formula is C25H38N2O6. The Kier molecular flexibility index (Phi) is 8.34. The van der Waals surface area contributed by atoms with Crippen LogP contribution in [0.3, 0.4) is 0 Å². The van der Waals surface area contributed by atoms with Crippen LogP contribution in [0, 0.1) is 11.8 Å². The average molecular weight is 463 g/mol. The van der Waals surface area contributed by atoms with Crippen molar-refractivity contribution in [3.05, 3.63) is 25.3 Å². The number of ether oxygens (including phenoxy) is 2. The van der Waals surface area contributed by atoms with Gasteiger partial charge in [0.2, 0.25) is 11.8 Å². The SMILES string of the molecule is C=CCCCOC(=O)[C@@H]1[C@@H]2CCC3(O2)C(C(=O)N(CC=C)C(C)C)N(CCCCO)C(=O)[C@H]13. The first-order valence-corrected chi connectivity index (χ1v) is 12.1. The van der Waals surface area contributed by atoms with Gasteiger partial charge in [-0.3, -0.25) is 14.4 Å². The van der Waals surface area contributed by atoms with E-state index in [1.54, 1.807) is 22.0 Å². The van der Waals surface area contributed by atoms with Crippen molar-refractivity contribution in [1.29, 1.82) is 0 Å². The molecule has 1 spiro atoms. The number of esters is 1. The number of carbonyl (C=O) groups is 3. The Morgan fingerprint density at radius 2 is 2.06 bits per heavy atom. The molecule has 8 nitrogen and oxygen atoms in total. The first kappa shape index (κ1) is 25.4. The Hall–Kier alpha value is -2.19. The van der Waals surface area contributed by atoms with Gasteiger partial charge in [0.25, 0.3) is 0 Å². The molecule has 8 heteroatoms. The third kappa shape index (κ3) is 4.60. The number of carbonyl (C=O) groups excluding carboxylic acids is 3. The van der Waals surface area contributed by atoms with E-state index in [2.05, 4.69) is 13.2 Å². The summed E-state index contributed by atoms with van der Waals surface area (Å²) in [6, 6.07) is -0.871. The van der Waals surface area contributed by atoms with Crippen LogP contribution < -0.4 is 0 Å². The lowest BCUT2D eigenvalue weighted by atomic mass is 9.70. The van der Waals surface area contributed by atoms with Gasteiger partial charge in [0.1, 0.15) is 11.6 Å². The van der Waals surface area contributed by atoms with Gasteiger partial charge >= 0.3 is 5.97 Å². The molecular weight excluding hydrogens is 424 g/mol. The number of hydrogen-bond acceptors (Lipinski definition) is 6. The highest BCUT2D eigenvalue weighted by atomic mass is 16.6. The van der Waals surface area contributed by atoms with E-state index >= 15 is 0 Å². The molecule has 2 unspecified atom stereocenters. The number of amides is 2. The summed E-state index contributed by atoms with van der Waals surface area (Å²) in [6.45, 7) is 12.3. The van der Waals surface area contributed by atoms with Gasteiger partial charge in [-0.25, -0.2) is 0 Å². The zero-order valence-electron chi connectivity index (χ0n) is 19.9. The van der Waals surface area contributed by atoms with Crippen molar-refractivity contribution in [3.8, 4) is 0 Å². The average Bonchev–Trinajstić information content (AvgIpc) is 3.42. The zero-order valence-corrected chi connectivity index (χ0v) is 19.9. The fraction of sp³-hybridized carbons (Fsp3) is 0.720. The van der Waals surface area contributed by atoms with Crippen molar-refractivity contribution in [2.45, 2.75) is 76.2 Å². The Bertz CT molecular complexity index is 768. The van der Waals surface area contributed by atoms with Crippen molar-refractivity contribution >= 4 is 17.8 Å². The second-order valence-electron chi connectivity index (χ2n) is 9.49. The molecule has 3 rings (SSSR count). The number of rotatable bonds is 13. The molecule has 3 fully saturated rings. The second kappa shape index (κ2) is 10.8. The highest BCUT2D eigenvalue weighted by Crippen LogP contribution is 2.58. The van der Waals surface area contributed by atoms with E-state index in [9.17, 15) is 19.5 Å². The minimum atomic E-state index is -1.02. The number of hydrogen-bond donors (Lipinski definition) is 1. The van der Waals surface area contributed by atoms with Gasteiger partial charge < -0.3 is 24.4 Å². The third-order valence-corrected chi connectivity index (χ3v) is 7.14. The van der Waals surface area contributed by atoms with Crippen molar-refractivity contribution in [2.75, 3.05) is 26.3 Å². The van der Waals surface area contributed by atoms with Crippen LogP contribution in [-0.4, -0.2) is 82.8 Å². The van der Waals surface area contributed by atoms with Crippen LogP contribution in [-0.2, 0) is 23.9 Å². The first-order valence-electron chi connectivity index (χ1n) is 12.1. The van der Waals surface area contributed by atoms with Gasteiger partial charge in [-0.1, -0.05) is 12.2 Å². The Morgan fingerprint density at radius 1 is 1.30 bits per heavy atom. The third-order valence-electron chi connectivity index (χ3n) is 7.14. The molecule has 3 saturated heterocycles. The maximum absolute atomic E-state index is 13.8. The van der Waals surface area contributed by atoms with Gasteiger partial charge in [0.05, 0.1) is 24.5 Å². The van der Waals surface area contributed by atoms with Crippen LogP contribution in [0.5, 0.6) is 0 Å². The van der Waals surface area contributed by atoms with Crippen molar-refractivity contribution in [2.24, 2.45) is 11.8 Å². The Morgan fingerprint density at radius 3 is 2.70 bits per heavy atom. The predicted octanol–water partition coefficient (Wildman–Crippen LogP) is 2.07. The van der Waals surface area contributed by atoms with Crippen LogP contribution in [0.25, 0.3) is 0 Å². The largest absolute Gasteiger partial charge is 0.465 e. The van der Waals surface area contributed by atoms with Crippen LogP contribution in [0.2, 0.25) is 0 Å². The molecule has 0 saturated carbocycles. The quantitative estimate of drug-likeness (QED) is 0.256. The minimum Gasteiger partial charge on any atom is -0.465 e. The number of aliphatic hydroxyl groups is 1. The summed E-state index contributed by atoms with van der Waals surface area (Å²) in [5.41, 5.74) is -1.02. The van der Waals surface area contributed by atoms with Crippen LogP contribution >= 0.6 is 0 Å². The summed E-state index contributed by atoms with van der Waals surface area (Å²) >= 11 is 0. The summed E-state index contributed by atoms with van der Waals surface area (Å²) in [4.78, 5) is 43.9. The van der Waals surface area contributed by atoms with Gasteiger partial charge in [-0.15, -0.1) is 13.2 Å². The minimum absolute atomic E-state index is 0.0159. The molecule has 0 aromatic carbocycles. The van der Waals surface area contributed by atoms with Crippen LogP contribution in [0.4, 0.5) is 0 Å². The van der Waals surface area contributed by atoms with Crippen LogP contribution in [0.15, 0.2) is 25.3 Å². The normalized spacial score (nSPS) is 29.9. The Balaban J connectivity index is 1.91. The van der Waals surface area contributed by atoms with E-state index in [0.29, 0.717) is 45.2 Å². The van der Waals surface area contributed by atoms with Gasteiger partial charge in [-0.2, -0.15) is 0 Å². The fourth-order valence-corrected chi connectivity index (χ4v) is 5.68. The predicted molar refractivity (Wildman–Crippen MR) is 123 cm³/mol. The molecule has 3 aliphatic heterocycles. The van der Waals surface area contributed by atoms with Crippen LogP contribution in [0.1, 0.15) is 52.4 Å². The van der Waals surface area contributed by atoms with Gasteiger partial charge in [-0.05, 0) is 52.4 Å². The standard InChI is InChI=1S/C25H38N2O6/c1-5-7-10-16-32-24(31)19-18-11-12-25(33-18)20(19)22(29)27(14-8-9-15-28)21(25)23(30)26(13-6-2)17(3)4/h5-6,17-21,28H,1-2,7-16H2,3-4H3/t18-,19+,20-,21?,25?/m0/s1. The summed E-state index contributed by atoms with van der Waals surface area (Å²) < 4.78 is 11.9. The molecule has 0 aliphatic carbocycles. The first-order chi connectivity index (χ1) is 15.8. The second-order valence-corrected chi connectivity index (χ2v) is 9.49. The maximum Gasteiger partial charge on any atom is 0.312 e. The molecule has 0 aromatic heterocycles. The maximum atomic E-state index is 13.8. The number of aliphatic hydroxyl groups excluding tert-OH is 1. The summed E-state index contributed by atoms with van der Waals surface area (Å²) in [5, 5.41) is 9.23. The van der Waals surface area contributed by atoms with Gasteiger partial charge in [0.15, 0.2) is 0 Å². The summed E-state index contributed by atoms with van der Waals surface area (Å²) in [7, 11) is 0. The highest BCUT2D eigenvalue weighted by molar-refractivity contribution is 5.98. The number of fused-ring (bicyclic) bond motifs is 1. The van der Waals surface area contributed by atoms with E-state index in [1.807, 2.05) is 13.8 Å². The lowest BCUT2D eigenvalue weighted by molar-refractivity contribution is -0.155. The molecule has 2 amide bonds. The molecule has 5 atom stereocenters. The van der Waals surface area contributed by atoms with E-state index in [1.165, 1.54) is 0 Å². The summed E-state index contributed by atoms with van der Waals surface area (Å²) in [5.74, 6) is -2.22. The highest BCUT2D eigenvalue weighted by Gasteiger charge is 2.75. The lowest BCUT2D eigenvalue weighted by Gasteiger charge is -2.38. The van der Waals surface area contributed by atoms with E-state index in [4.69, 9.17) is 9.47 Å². The fourth-order valence-electron chi connectivity index (χ4n) is 5.68. The van der Waals surface area contributed by atoms with E-state index in [0.717, 1.165) is 6.42 Å². The number of unbranched alkanes of at least 4 members (excludes halogenated alkanes) is 2. The molecule has 33 heavy (non-hydrogen) atoms. The van der Waals surface area contributed by atoms with E-state index < -0.39 is 35.6 Å². The molecule has 3 aliphatic rings. The molecule has 3 heterocycles. The van der Waals surface area contributed by atoms with E-state index in [-0.39, 0.29) is 31.1 Å². The van der Waals surface area contributed by atoms with Crippen molar-refractivity contribution in [1.82, 2.24) is 9.80 Å². The van der Waals surface area contributed by atoms with Crippen molar-refractivity contribution < 1.29 is 29.0 Å². The molecule has 2 bridgehead atoms. The molecule has 0 radical (unpaired) electrons. The summed E-state index contributed by atoms with van der Waals surface area (Å²) in [6.07, 6.45) is 6.73. The van der Waals surface area contributed by atoms with Crippen molar-refractivity contribution in [3.63, 3.8) is 0 Å². The number of likely N-dealkylation sites (tertiary alicyclic amines) is 1. The van der Waals surface area contributed by atoms with Gasteiger partial charge in [0, 0.05) is 25.7 Å². The zero-order chi connectivity index (χ0) is 24.2.